The van der Waals surface area contributed by atoms with Gasteiger partial charge in [0.1, 0.15) is 0 Å². The summed E-state index contributed by atoms with van der Waals surface area (Å²) in [7, 11) is -1.78. The lowest BCUT2D eigenvalue weighted by atomic mass is 10.0. The van der Waals surface area contributed by atoms with Crippen LogP contribution in [0.1, 0.15) is 0 Å². The highest BCUT2D eigenvalue weighted by atomic mass is 35.5. The molecular weight excluding hydrogens is 499 g/mol. The molecule has 4 aromatic rings. The molecule has 0 saturated heterocycles. The minimum atomic E-state index is -1.78. The number of nitrogens with zero attached hydrogens (tertiary/aromatic N) is 2. The van der Waals surface area contributed by atoms with Gasteiger partial charge in [0.05, 0.1) is 30.4 Å². The molecule has 0 unspecified atom stereocenters. The number of rotatable bonds is 6. The van der Waals surface area contributed by atoms with E-state index in [1.54, 1.807) is 48.5 Å². The molecule has 0 amide bonds. The van der Waals surface area contributed by atoms with Crippen LogP contribution in [0, 0.1) is 20.2 Å². The van der Waals surface area contributed by atoms with Gasteiger partial charge >= 0.3 is 0 Å². The minimum Gasteiger partial charge on any atom is -0.258 e. The first kappa shape index (κ1) is 23.6. The van der Waals surface area contributed by atoms with Crippen LogP contribution in [-0.4, -0.2) is 14.1 Å². The van der Waals surface area contributed by atoms with E-state index in [0.717, 1.165) is 0 Å². The summed E-state index contributed by atoms with van der Waals surface area (Å²) < 4.78 is 13.9. The van der Waals surface area contributed by atoms with Crippen molar-refractivity contribution in [3.63, 3.8) is 0 Å². The highest BCUT2D eigenvalue weighted by Gasteiger charge is 2.21. The summed E-state index contributed by atoms with van der Waals surface area (Å²) in [4.78, 5) is 22.3. The van der Waals surface area contributed by atoms with Gasteiger partial charge in [-0.3, -0.25) is 20.2 Å². The molecule has 0 aliphatic carbocycles. The zero-order chi connectivity index (χ0) is 24.4. The second-order valence-corrected chi connectivity index (χ2v) is 9.34. The molecule has 0 heterocycles. The lowest BCUT2D eigenvalue weighted by Crippen LogP contribution is -2.00. The minimum absolute atomic E-state index is 0.149. The average Bonchev–Trinajstić information content (AvgIpc) is 2.84. The number of hydrogen-bond donors (Lipinski definition) is 0. The summed E-state index contributed by atoms with van der Waals surface area (Å²) in [6.45, 7) is 0. The Morgan fingerprint density at radius 2 is 0.971 bits per heavy atom. The van der Waals surface area contributed by atoms with Gasteiger partial charge in [0.25, 0.3) is 11.4 Å². The standard InChI is InChI=1S/C24H14Cl2N2O5S/c25-21-11-9-15(27(29)30)13-19(21)17-5-1-3-7-23(17)34(33)24-8-4-2-6-18(24)20-14-16(28(31)32)10-12-22(20)26/h1-14H. The van der Waals surface area contributed by atoms with Crippen LogP contribution < -0.4 is 0 Å². The fourth-order valence-electron chi connectivity index (χ4n) is 3.49. The molecule has 0 aliphatic heterocycles. The maximum Gasteiger partial charge on any atom is 0.270 e. The Balaban J connectivity index is 1.89. The van der Waals surface area contributed by atoms with E-state index < -0.39 is 20.6 Å². The SMILES string of the molecule is O=[N+]([O-])c1ccc(Cl)c(-c2ccccc2S(=O)c2ccccc2-c2cc([N+](=O)[O-])ccc2Cl)c1. The van der Waals surface area contributed by atoms with Gasteiger partial charge in [-0.05, 0) is 35.4 Å². The molecule has 10 heteroatoms. The Kier molecular flexibility index (Phi) is 6.74. The van der Waals surface area contributed by atoms with E-state index in [1.807, 2.05) is 0 Å². The first-order valence-electron chi connectivity index (χ1n) is 9.76. The van der Waals surface area contributed by atoms with E-state index in [1.165, 1.54) is 36.4 Å². The van der Waals surface area contributed by atoms with Crippen molar-refractivity contribution in [2.45, 2.75) is 9.79 Å². The van der Waals surface area contributed by atoms with Crippen LogP contribution in [-0.2, 0) is 10.8 Å². The first-order valence-corrected chi connectivity index (χ1v) is 11.7. The first-order chi connectivity index (χ1) is 16.3. The van der Waals surface area contributed by atoms with Crippen LogP contribution >= 0.6 is 23.2 Å². The zero-order valence-corrected chi connectivity index (χ0v) is 19.5. The fraction of sp³-hybridized carbons (Fsp3) is 0. The van der Waals surface area contributed by atoms with Crippen molar-refractivity contribution in [2.24, 2.45) is 0 Å². The van der Waals surface area contributed by atoms with Gasteiger partial charge < -0.3 is 0 Å². The molecule has 0 spiro atoms. The maximum absolute atomic E-state index is 13.9. The summed E-state index contributed by atoms with van der Waals surface area (Å²) in [6.07, 6.45) is 0. The summed E-state index contributed by atoms with van der Waals surface area (Å²) in [5.41, 5.74) is 1.37. The molecule has 4 aromatic carbocycles. The molecule has 0 radical (unpaired) electrons. The molecule has 7 nitrogen and oxygen atoms in total. The third-order valence-electron chi connectivity index (χ3n) is 5.08. The number of halogens is 2. The fourth-order valence-corrected chi connectivity index (χ4v) is 5.32. The van der Waals surface area contributed by atoms with Crippen molar-refractivity contribution in [1.82, 2.24) is 0 Å². The molecule has 0 N–H and O–H groups in total. The van der Waals surface area contributed by atoms with E-state index in [9.17, 15) is 24.4 Å². The topological polar surface area (TPSA) is 103 Å². The number of hydrogen-bond acceptors (Lipinski definition) is 5. The second kappa shape index (κ2) is 9.72. The third-order valence-corrected chi connectivity index (χ3v) is 7.25. The summed E-state index contributed by atoms with van der Waals surface area (Å²) in [6, 6.07) is 21.6. The molecule has 0 atom stereocenters. The van der Waals surface area contributed by atoms with Gasteiger partial charge in [-0.15, -0.1) is 0 Å². The van der Waals surface area contributed by atoms with Crippen molar-refractivity contribution in [2.75, 3.05) is 0 Å². The Hall–Kier alpha value is -3.59. The molecule has 0 aromatic heterocycles. The van der Waals surface area contributed by atoms with Crippen LogP contribution in [0.2, 0.25) is 10.0 Å². The van der Waals surface area contributed by atoms with Gasteiger partial charge in [-0.25, -0.2) is 4.21 Å². The zero-order valence-electron chi connectivity index (χ0n) is 17.2. The van der Waals surface area contributed by atoms with Gasteiger partial charge in [-0.1, -0.05) is 59.6 Å². The van der Waals surface area contributed by atoms with E-state index >= 15 is 0 Å². The van der Waals surface area contributed by atoms with E-state index in [2.05, 4.69) is 0 Å². The van der Waals surface area contributed by atoms with Gasteiger partial charge in [0.15, 0.2) is 0 Å². The Labute approximate surface area is 206 Å². The molecule has 170 valence electrons. The van der Waals surface area contributed by atoms with Crippen molar-refractivity contribution in [1.29, 1.82) is 0 Å². The second-order valence-electron chi connectivity index (χ2n) is 7.10. The maximum atomic E-state index is 13.9. The molecule has 0 fully saturated rings. The highest BCUT2D eigenvalue weighted by Crippen LogP contribution is 2.39. The van der Waals surface area contributed by atoms with Gasteiger partial charge in [-0.2, -0.15) is 0 Å². The van der Waals surface area contributed by atoms with Crippen molar-refractivity contribution in [3.8, 4) is 22.3 Å². The normalized spacial score (nSPS) is 10.9. The van der Waals surface area contributed by atoms with Crippen LogP contribution in [0.25, 0.3) is 22.3 Å². The number of non-ortho nitro benzene ring substituents is 2. The van der Waals surface area contributed by atoms with Gasteiger partial charge in [0.2, 0.25) is 0 Å². The van der Waals surface area contributed by atoms with Crippen molar-refractivity contribution < 1.29 is 14.1 Å². The predicted octanol–water partition coefficient (Wildman–Crippen LogP) is 7.31. The lowest BCUT2D eigenvalue weighted by molar-refractivity contribution is -0.385. The van der Waals surface area contributed by atoms with Crippen molar-refractivity contribution >= 4 is 45.4 Å². The highest BCUT2D eigenvalue weighted by molar-refractivity contribution is 7.85. The Morgan fingerprint density at radius 1 is 0.588 bits per heavy atom. The predicted molar refractivity (Wildman–Crippen MR) is 132 cm³/mol. The monoisotopic (exact) mass is 512 g/mol. The van der Waals surface area contributed by atoms with Crippen LogP contribution in [0.5, 0.6) is 0 Å². The van der Waals surface area contributed by atoms with Gasteiger partial charge in [0, 0.05) is 45.4 Å². The molecule has 34 heavy (non-hydrogen) atoms. The average molecular weight is 513 g/mol. The van der Waals surface area contributed by atoms with Crippen LogP contribution in [0.4, 0.5) is 11.4 Å². The number of benzene rings is 4. The Morgan fingerprint density at radius 3 is 1.35 bits per heavy atom. The third kappa shape index (κ3) is 4.56. The molecular formula is C24H14Cl2N2O5S. The molecule has 0 bridgehead atoms. The van der Waals surface area contributed by atoms with Crippen LogP contribution in [0.15, 0.2) is 94.7 Å². The molecule has 0 aliphatic rings. The van der Waals surface area contributed by atoms with Crippen LogP contribution in [0.3, 0.4) is 0 Å². The molecule has 4 rings (SSSR count). The molecule has 0 saturated carbocycles. The number of nitro benzene ring substituents is 2. The van der Waals surface area contributed by atoms with Crippen molar-refractivity contribution in [3.05, 3.63) is 115 Å². The smallest absolute Gasteiger partial charge is 0.258 e. The Bertz CT molecular complexity index is 1370. The summed E-state index contributed by atoms with van der Waals surface area (Å²) in [5.74, 6) is 0. The largest absolute Gasteiger partial charge is 0.270 e. The van der Waals surface area contributed by atoms with E-state index in [0.29, 0.717) is 32.0 Å². The van der Waals surface area contributed by atoms with E-state index in [4.69, 9.17) is 23.2 Å². The summed E-state index contributed by atoms with van der Waals surface area (Å²) in [5, 5.41) is 23.1. The van der Waals surface area contributed by atoms with E-state index in [-0.39, 0.29) is 21.4 Å². The summed E-state index contributed by atoms with van der Waals surface area (Å²) >= 11 is 12.7. The number of nitro groups is 2. The lowest BCUT2D eigenvalue weighted by Gasteiger charge is -2.14. The quantitative estimate of drug-likeness (QED) is 0.199.